The van der Waals surface area contributed by atoms with Gasteiger partial charge in [0.15, 0.2) is 0 Å². The Morgan fingerprint density at radius 3 is 2.05 bits per heavy atom. The van der Waals surface area contributed by atoms with Gasteiger partial charge in [0.2, 0.25) is 0 Å². The molecule has 22 heavy (non-hydrogen) atoms. The summed E-state index contributed by atoms with van der Waals surface area (Å²) in [6.07, 6.45) is 0.473. The van der Waals surface area contributed by atoms with Crippen LogP contribution in [0.2, 0.25) is 0 Å². The highest BCUT2D eigenvalue weighted by Gasteiger charge is 2.27. The van der Waals surface area contributed by atoms with Gasteiger partial charge in [-0.15, -0.1) is 0 Å². The number of carbonyl (C=O) groups excluding carboxylic acids is 1. The molecule has 1 aromatic carbocycles. The van der Waals surface area contributed by atoms with Gasteiger partial charge in [-0.3, -0.25) is 4.79 Å². The van der Waals surface area contributed by atoms with E-state index in [4.69, 9.17) is 0 Å². The van der Waals surface area contributed by atoms with Crippen LogP contribution in [0.3, 0.4) is 0 Å². The molecule has 0 saturated heterocycles. The molecule has 0 aromatic heterocycles. The summed E-state index contributed by atoms with van der Waals surface area (Å²) in [4.78, 5) is 15.0. The van der Waals surface area contributed by atoms with Gasteiger partial charge in [0, 0.05) is 24.1 Å². The normalized spacial score (nSPS) is 12.1. The number of aryl methyl sites for hydroxylation is 2. The second-order valence-corrected chi connectivity index (χ2v) is 7.51. The minimum atomic E-state index is -0.838. The van der Waals surface area contributed by atoms with E-state index in [1.165, 1.54) is 0 Å². The van der Waals surface area contributed by atoms with Crippen LogP contribution < -0.4 is 0 Å². The van der Waals surface area contributed by atoms with Gasteiger partial charge in [0.05, 0.1) is 5.60 Å². The number of hydrogen-bond acceptors (Lipinski definition) is 2. The topological polar surface area (TPSA) is 40.5 Å². The molecule has 0 atom stereocenters. The average molecular weight is 305 g/mol. The van der Waals surface area contributed by atoms with Crippen molar-refractivity contribution < 1.29 is 9.90 Å². The van der Waals surface area contributed by atoms with Crippen molar-refractivity contribution in [1.29, 1.82) is 0 Å². The zero-order chi connectivity index (χ0) is 17.2. The van der Waals surface area contributed by atoms with Crippen LogP contribution in [0.25, 0.3) is 0 Å². The van der Waals surface area contributed by atoms with Crippen LogP contribution >= 0.6 is 0 Å². The van der Waals surface area contributed by atoms with E-state index in [0.717, 1.165) is 22.3 Å². The molecular weight excluding hydrogens is 274 g/mol. The van der Waals surface area contributed by atoms with E-state index in [0.29, 0.717) is 6.42 Å². The lowest BCUT2D eigenvalue weighted by Gasteiger charge is -2.32. The summed E-state index contributed by atoms with van der Waals surface area (Å²) in [6, 6.07) is 4.35. The monoisotopic (exact) mass is 305 g/mol. The van der Waals surface area contributed by atoms with Crippen LogP contribution in [0.4, 0.5) is 0 Å². The number of benzene rings is 1. The van der Waals surface area contributed by atoms with Gasteiger partial charge in [-0.2, -0.15) is 0 Å². The number of aliphatic hydroxyl groups is 1. The van der Waals surface area contributed by atoms with Crippen molar-refractivity contribution in [2.24, 2.45) is 0 Å². The second-order valence-electron chi connectivity index (χ2n) is 7.51. The van der Waals surface area contributed by atoms with E-state index in [2.05, 4.69) is 0 Å². The van der Waals surface area contributed by atoms with Crippen molar-refractivity contribution in [3.8, 4) is 0 Å². The molecule has 0 bridgehead atoms. The smallest absolute Gasteiger partial charge is 0.254 e. The highest BCUT2D eigenvalue weighted by atomic mass is 16.3. The first-order valence-corrected chi connectivity index (χ1v) is 8.09. The highest BCUT2D eigenvalue weighted by molar-refractivity contribution is 5.97. The summed E-state index contributed by atoms with van der Waals surface area (Å²) in [7, 11) is 0. The van der Waals surface area contributed by atoms with Crippen molar-refractivity contribution in [2.75, 3.05) is 0 Å². The van der Waals surface area contributed by atoms with Crippen LogP contribution in [0.5, 0.6) is 0 Å². The maximum Gasteiger partial charge on any atom is 0.254 e. The van der Waals surface area contributed by atoms with Crippen molar-refractivity contribution in [2.45, 2.75) is 79.5 Å². The fourth-order valence-corrected chi connectivity index (χ4v) is 3.16. The van der Waals surface area contributed by atoms with E-state index in [1.54, 1.807) is 13.8 Å². The van der Waals surface area contributed by atoms with Gasteiger partial charge in [-0.05, 0) is 66.5 Å². The molecule has 0 fully saturated rings. The third kappa shape index (κ3) is 4.57. The van der Waals surface area contributed by atoms with Crippen molar-refractivity contribution in [3.63, 3.8) is 0 Å². The minimum Gasteiger partial charge on any atom is -0.390 e. The molecule has 0 aliphatic heterocycles. The molecule has 3 heteroatoms. The molecule has 0 unspecified atom stereocenters. The van der Waals surface area contributed by atoms with Crippen LogP contribution in [0.15, 0.2) is 12.1 Å². The van der Waals surface area contributed by atoms with Crippen LogP contribution in [-0.2, 0) is 6.42 Å². The molecule has 1 aromatic rings. The first kappa shape index (κ1) is 18.7. The Kier molecular flexibility index (Phi) is 5.80. The van der Waals surface area contributed by atoms with E-state index >= 15 is 0 Å². The van der Waals surface area contributed by atoms with E-state index < -0.39 is 5.60 Å². The van der Waals surface area contributed by atoms with Crippen molar-refractivity contribution in [3.05, 3.63) is 34.4 Å². The Morgan fingerprint density at radius 2 is 1.64 bits per heavy atom. The van der Waals surface area contributed by atoms with Gasteiger partial charge in [0.1, 0.15) is 0 Å². The summed E-state index contributed by atoms with van der Waals surface area (Å²) in [5, 5.41) is 10.2. The third-order valence-electron chi connectivity index (χ3n) is 3.75. The number of nitrogens with zero attached hydrogens (tertiary/aromatic N) is 1. The maximum absolute atomic E-state index is 13.1. The Morgan fingerprint density at radius 1 is 1.14 bits per heavy atom. The Balaban J connectivity index is 3.41. The lowest BCUT2D eigenvalue weighted by Crippen LogP contribution is -2.43. The minimum absolute atomic E-state index is 0.0572. The van der Waals surface area contributed by atoms with Gasteiger partial charge in [-0.1, -0.05) is 17.7 Å². The Hall–Kier alpha value is -1.35. The summed E-state index contributed by atoms with van der Waals surface area (Å²) in [5.41, 5.74) is 2.94. The van der Waals surface area contributed by atoms with E-state index in [1.807, 2.05) is 58.6 Å². The number of amides is 1. The summed E-state index contributed by atoms with van der Waals surface area (Å²) in [5.74, 6) is 0.0572. The summed E-state index contributed by atoms with van der Waals surface area (Å²) >= 11 is 0. The molecule has 0 radical (unpaired) electrons. The van der Waals surface area contributed by atoms with Gasteiger partial charge >= 0.3 is 0 Å². The quantitative estimate of drug-likeness (QED) is 0.897. The predicted octanol–water partition coefficient (Wildman–Crippen LogP) is 3.88. The SMILES string of the molecule is Cc1cc(C)c(C(=O)N(C(C)C)C(C)C)c(CC(C)(C)O)c1. The van der Waals surface area contributed by atoms with Crippen molar-refractivity contribution >= 4 is 5.91 Å². The number of hydrogen-bond donors (Lipinski definition) is 1. The lowest BCUT2D eigenvalue weighted by molar-refractivity contribution is 0.0635. The summed E-state index contributed by atoms with van der Waals surface area (Å²) in [6.45, 7) is 15.7. The van der Waals surface area contributed by atoms with Gasteiger partial charge in [-0.25, -0.2) is 0 Å². The number of rotatable bonds is 5. The lowest BCUT2D eigenvalue weighted by atomic mass is 9.90. The second kappa shape index (κ2) is 6.82. The molecule has 1 N–H and O–H groups in total. The molecule has 0 saturated carbocycles. The largest absolute Gasteiger partial charge is 0.390 e. The van der Waals surface area contributed by atoms with Gasteiger partial charge in [0.25, 0.3) is 5.91 Å². The predicted molar refractivity (Wildman–Crippen MR) is 92.4 cm³/mol. The third-order valence-corrected chi connectivity index (χ3v) is 3.75. The standard InChI is InChI=1S/C19H31NO2/c1-12(2)20(13(3)4)18(21)17-15(6)9-14(5)10-16(17)11-19(7,8)22/h9-10,12-13,22H,11H2,1-8H3. The van der Waals surface area contributed by atoms with Crippen molar-refractivity contribution in [1.82, 2.24) is 4.90 Å². The van der Waals surface area contributed by atoms with Crippen LogP contribution in [0, 0.1) is 13.8 Å². The van der Waals surface area contributed by atoms with Crippen LogP contribution in [-0.4, -0.2) is 33.6 Å². The Labute approximate surface area is 135 Å². The molecule has 0 aliphatic rings. The zero-order valence-electron chi connectivity index (χ0n) is 15.3. The fourth-order valence-electron chi connectivity index (χ4n) is 3.16. The van der Waals surface area contributed by atoms with E-state index in [-0.39, 0.29) is 18.0 Å². The Bertz CT molecular complexity index is 531. The number of carbonyl (C=O) groups is 1. The molecule has 1 rings (SSSR count). The highest BCUT2D eigenvalue weighted by Crippen LogP contribution is 2.25. The maximum atomic E-state index is 13.1. The molecule has 1 amide bonds. The van der Waals surface area contributed by atoms with Crippen LogP contribution in [0.1, 0.15) is 68.6 Å². The van der Waals surface area contributed by atoms with Gasteiger partial charge < -0.3 is 10.0 Å². The molecule has 0 aliphatic carbocycles. The first-order valence-electron chi connectivity index (χ1n) is 8.09. The first-order chi connectivity index (χ1) is 9.94. The molecule has 124 valence electrons. The average Bonchev–Trinajstić information content (AvgIpc) is 2.23. The summed E-state index contributed by atoms with van der Waals surface area (Å²) < 4.78 is 0. The molecule has 0 spiro atoms. The molecule has 0 heterocycles. The molecular formula is C19H31NO2. The van der Waals surface area contributed by atoms with E-state index in [9.17, 15) is 9.90 Å². The molecule has 3 nitrogen and oxygen atoms in total. The fraction of sp³-hybridized carbons (Fsp3) is 0.632. The zero-order valence-corrected chi connectivity index (χ0v) is 15.3.